The van der Waals surface area contributed by atoms with Gasteiger partial charge in [0.1, 0.15) is 0 Å². The lowest BCUT2D eigenvalue weighted by atomic mass is 10.0. The summed E-state index contributed by atoms with van der Waals surface area (Å²) in [4.78, 5) is 13.9. The van der Waals surface area contributed by atoms with Crippen molar-refractivity contribution < 1.29 is 13.2 Å². The average Bonchev–Trinajstić information content (AvgIpc) is 2.34. The molecule has 4 atom stereocenters. The number of hydrogen-bond donors (Lipinski definition) is 1. The second kappa shape index (κ2) is 6.11. The summed E-state index contributed by atoms with van der Waals surface area (Å²) in [6, 6.07) is -0.330. The van der Waals surface area contributed by atoms with Gasteiger partial charge in [0.15, 0.2) is 9.84 Å². The van der Waals surface area contributed by atoms with E-state index in [1.54, 1.807) is 18.7 Å². The van der Waals surface area contributed by atoms with E-state index in [4.69, 9.17) is 0 Å². The normalized spacial score (nSPS) is 29.6. The maximum Gasteiger partial charge on any atom is 0.317 e. The predicted molar refractivity (Wildman–Crippen MR) is 76.9 cm³/mol. The molecule has 6 heteroatoms. The smallest absolute Gasteiger partial charge is 0.317 e. The van der Waals surface area contributed by atoms with Crippen LogP contribution in [0.1, 0.15) is 41.0 Å². The Labute approximate surface area is 116 Å². The van der Waals surface area contributed by atoms with E-state index in [1.807, 2.05) is 6.92 Å². The fraction of sp³-hybridized carbons (Fsp3) is 0.923. The van der Waals surface area contributed by atoms with Gasteiger partial charge in [-0.2, -0.15) is 0 Å². The third-order valence-electron chi connectivity index (χ3n) is 4.46. The van der Waals surface area contributed by atoms with Gasteiger partial charge in [-0.05, 0) is 26.7 Å². The van der Waals surface area contributed by atoms with E-state index < -0.39 is 15.1 Å². The predicted octanol–water partition coefficient (Wildman–Crippen LogP) is 1.64. The van der Waals surface area contributed by atoms with E-state index in [0.717, 1.165) is 6.42 Å². The fourth-order valence-corrected chi connectivity index (χ4v) is 3.80. The Bertz CT molecular complexity index is 422. The highest BCUT2D eigenvalue weighted by Gasteiger charge is 2.38. The minimum atomic E-state index is -3.05. The molecule has 0 spiro atoms. The number of hydrogen-bond acceptors (Lipinski definition) is 3. The van der Waals surface area contributed by atoms with Crippen LogP contribution in [0.15, 0.2) is 0 Å². The molecule has 1 aliphatic heterocycles. The minimum Gasteiger partial charge on any atom is -0.335 e. The van der Waals surface area contributed by atoms with Crippen molar-refractivity contribution in [2.45, 2.75) is 58.4 Å². The van der Waals surface area contributed by atoms with Gasteiger partial charge in [-0.1, -0.05) is 20.3 Å². The topological polar surface area (TPSA) is 66.5 Å². The summed E-state index contributed by atoms with van der Waals surface area (Å²) < 4.78 is 23.6. The van der Waals surface area contributed by atoms with Crippen molar-refractivity contribution in [2.75, 3.05) is 12.3 Å². The number of sulfone groups is 1. The van der Waals surface area contributed by atoms with Gasteiger partial charge in [0.25, 0.3) is 0 Å². The van der Waals surface area contributed by atoms with Crippen LogP contribution in [0.4, 0.5) is 4.79 Å². The SMILES string of the molecule is CC[C@H](C)[C@H](C)NC(=O)N1CCS(=O)(=O)[C@H](C)[C@H]1C. The van der Waals surface area contributed by atoms with Gasteiger partial charge < -0.3 is 10.2 Å². The monoisotopic (exact) mass is 290 g/mol. The molecule has 1 saturated heterocycles. The molecule has 1 heterocycles. The third kappa shape index (κ3) is 3.61. The van der Waals surface area contributed by atoms with Crippen LogP contribution in [0.5, 0.6) is 0 Å². The van der Waals surface area contributed by atoms with Crippen molar-refractivity contribution >= 4 is 15.9 Å². The average molecular weight is 290 g/mol. The summed E-state index contributed by atoms with van der Waals surface area (Å²) in [6.07, 6.45) is 1.00. The van der Waals surface area contributed by atoms with Gasteiger partial charge in [0, 0.05) is 18.6 Å². The summed E-state index contributed by atoms with van der Waals surface area (Å²) in [6.45, 7) is 9.93. The summed E-state index contributed by atoms with van der Waals surface area (Å²) in [5.41, 5.74) is 0. The van der Waals surface area contributed by atoms with Gasteiger partial charge in [0.2, 0.25) is 0 Å². The van der Waals surface area contributed by atoms with Gasteiger partial charge in [-0.15, -0.1) is 0 Å². The third-order valence-corrected chi connectivity index (χ3v) is 6.74. The largest absolute Gasteiger partial charge is 0.335 e. The molecule has 0 aromatic carbocycles. The first-order chi connectivity index (χ1) is 8.70. The highest BCUT2D eigenvalue weighted by Crippen LogP contribution is 2.19. The number of nitrogens with zero attached hydrogens (tertiary/aromatic N) is 1. The molecule has 0 aliphatic carbocycles. The molecule has 0 saturated carbocycles. The zero-order valence-corrected chi connectivity index (χ0v) is 13.3. The highest BCUT2D eigenvalue weighted by atomic mass is 32.2. The number of rotatable bonds is 3. The van der Waals surface area contributed by atoms with Crippen LogP contribution in [0.25, 0.3) is 0 Å². The van der Waals surface area contributed by atoms with Crippen LogP contribution in [-0.4, -0.2) is 49.0 Å². The number of urea groups is 1. The fourth-order valence-electron chi connectivity index (χ4n) is 2.23. The molecule has 1 fully saturated rings. The van der Waals surface area contributed by atoms with Crippen LogP contribution in [-0.2, 0) is 9.84 Å². The number of carbonyl (C=O) groups excluding carboxylic acids is 1. The Hall–Kier alpha value is -0.780. The summed E-state index contributed by atoms with van der Waals surface area (Å²) in [5, 5.41) is 2.48. The Morgan fingerprint density at radius 3 is 2.47 bits per heavy atom. The molecule has 0 unspecified atom stereocenters. The van der Waals surface area contributed by atoms with Crippen LogP contribution in [0.3, 0.4) is 0 Å². The quantitative estimate of drug-likeness (QED) is 0.859. The minimum absolute atomic E-state index is 0.0592. The standard InChI is InChI=1S/C13H26N2O3S/c1-6-9(2)10(3)14-13(16)15-7-8-19(17,18)12(5)11(15)4/h9-12H,6-8H2,1-5H3,(H,14,16)/t9-,10-,11+,12+/m0/s1. The first kappa shape index (κ1) is 16.3. The number of nitrogens with one attached hydrogen (secondary N) is 1. The molecule has 2 amide bonds. The molecule has 1 N–H and O–H groups in total. The molecule has 1 rings (SSSR count). The second-order valence-corrected chi connectivity index (χ2v) is 8.11. The molecular formula is C13H26N2O3S. The Kier molecular flexibility index (Phi) is 5.24. The lowest BCUT2D eigenvalue weighted by Gasteiger charge is -2.38. The first-order valence-electron chi connectivity index (χ1n) is 6.99. The van der Waals surface area contributed by atoms with Crippen molar-refractivity contribution in [2.24, 2.45) is 5.92 Å². The molecule has 19 heavy (non-hydrogen) atoms. The molecule has 1 aliphatic rings. The first-order valence-corrected chi connectivity index (χ1v) is 8.71. The van der Waals surface area contributed by atoms with E-state index >= 15 is 0 Å². The van der Waals surface area contributed by atoms with Crippen molar-refractivity contribution in [3.8, 4) is 0 Å². The zero-order valence-electron chi connectivity index (χ0n) is 12.5. The summed E-state index contributed by atoms with van der Waals surface area (Å²) >= 11 is 0. The van der Waals surface area contributed by atoms with E-state index in [2.05, 4.69) is 19.2 Å². The van der Waals surface area contributed by atoms with E-state index in [9.17, 15) is 13.2 Å². The summed E-state index contributed by atoms with van der Waals surface area (Å²) in [5.74, 6) is 0.467. The Morgan fingerprint density at radius 2 is 1.95 bits per heavy atom. The molecule has 112 valence electrons. The van der Waals surface area contributed by atoms with Crippen LogP contribution >= 0.6 is 0 Å². The number of carbonyl (C=O) groups is 1. The van der Waals surface area contributed by atoms with Gasteiger partial charge in [-0.3, -0.25) is 0 Å². The van der Waals surface area contributed by atoms with Crippen LogP contribution < -0.4 is 5.32 Å². The molecule has 0 radical (unpaired) electrons. The summed E-state index contributed by atoms with van der Waals surface area (Å²) in [7, 11) is -3.05. The van der Waals surface area contributed by atoms with Crippen LogP contribution in [0.2, 0.25) is 0 Å². The molecule has 0 bridgehead atoms. The molecule has 0 aromatic rings. The van der Waals surface area contributed by atoms with E-state index in [0.29, 0.717) is 5.92 Å². The van der Waals surface area contributed by atoms with Crippen LogP contribution in [0, 0.1) is 5.92 Å². The van der Waals surface area contributed by atoms with Crippen molar-refractivity contribution in [1.82, 2.24) is 10.2 Å². The van der Waals surface area contributed by atoms with Crippen molar-refractivity contribution in [3.05, 3.63) is 0 Å². The molecule has 0 aromatic heterocycles. The Balaban J connectivity index is 2.69. The van der Waals surface area contributed by atoms with E-state index in [1.165, 1.54) is 0 Å². The van der Waals surface area contributed by atoms with Crippen molar-refractivity contribution in [1.29, 1.82) is 0 Å². The molecule has 5 nitrogen and oxygen atoms in total. The van der Waals surface area contributed by atoms with Gasteiger partial charge >= 0.3 is 6.03 Å². The maximum absolute atomic E-state index is 12.2. The molecular weight excluding hydrogens is 264 g/mol. The Morgan fingerprint density at radius 1 is 1.37 bits per heavy atom. The van der Waals surface area contributed by atoms with Crippen molar-refractivity contribution in [3.63, 3.8) is 0 Å². The second-order valence-electron chi connectivity index (χ2n) is 5.63. The van der Waals surface area contributed by atoms with E-state index in [-0.39, 0.29) is 30.4 Å². The number of amides is 2. The van der Waals surface area contributed by atoms with Gasteiger partial charge in [0.05, 0.1) is 11.0 Å². The maximum atomic E-state index is 12.2. The lowest BCUT2D eigenvalue weighted by Crippen LogP contribution is -2.58. The lowest BCUT2D eigenvalue weighted by molar-refractivity contribution is 0.171. The zero-order chi connectivity index (χ0) is 14.8. The highest BCUT2D eigenvalue weighted by molar-refractivity contribution is 7.92. The van der Waals surface area contributed by atoms with Gasteiger partial charge in [-0.25, -0.2) is 13.2 Å².